The number of carbonyl (C=O) groups excluding carboxylic acids is 1. The van der Waals surface area contributed by atoms with Gasteiger partial charge in [0.2, 0.25) is 0 Å². The van der Waals surface area contributed by atoms with Gasteiger partial charge < -0.3 is 14.3 Å². The molecule has 0 N–H and O–H groups in total. The van der Waals surface area contributed by atoms with Crippen molar-refractivity contribution in [2.24, 2.45) is 0 Å². The van der Waals surface area contributed by atoms with Crippen LogP contribution >= 0.6 is 0 Å². The van der Waals surface area contributed by atoms with Crippen molar-refractivity contribution in [2.75, 3.05) is 26.0 Å². The lowest BCUT2D eigenvalue weighted by molar-refractivity contribution is 0.0785. The molecule has 3 rings (SSSR count). The van der Waals surface area contributed by atoms with Gasteiger partial charge in [0.15, 0.2) is 5.82 Å². The quantitative estimate of drug-likeness (QED) is 0.706. The van der Waals surface area contributed by atoms with E-state index in [1.54, 1.807) is 31.0 Å². The van der Waals surface area contributed by atoms with Crippen LogP contribution in [0.25, 0.3) is 11.5 Å². The fourth-order valence-electron chi connectivity index (χ4n) is 2.64. The summed E-state index contributed by atoms with van der Waals surface area (Å²) in [6.07, 6.45) is 0. The van der Waals surface area contributed by atoms with E-state index in [9.17, 15) is 4.79 Å². The highest BCUT2D eigenvalue weighted by Crippen LogP contribution is 2.19. The number of hydrogen-bond acceptors (Lipinski definition) is 5. The molecule has 1 heterocycles. The molecule has 6 nitrogen and oxygen atoms in total. The van der Waals surface area contributed by atoms with Crippen molar-refractivity contribution in [2.45, 2.75) is 13.5 Å². The summed E-state index contributed by atoms with van der Waals surface area (Å²) < 4.78 is 5.14. The normalized spacial score (nSPS) is 10.6. The Morgan fingerprint density at radius 3 is 2.19 bits per heavy atom. The lowest BCUT2D eigenvalue weighted by Crippen LogP contribution is -2.26. The molecule has 0 radical (unpaired) electrons. The van der Waals surface area contributed by atoms with Crippen molar-refractivity contribution in [3.63, 3.8) is 0 Å². The van der Waals surface area contributed by atoms with Crippen LogP contribution in [0.15, 0.2) is 53.1 Å². The minimum absolute atomic E-state index is 0.0325. The van der Waals surface area contributed by atoms with Crippen LogP contribution in [0, 0.1) is 6.92 Å². The summed E-state index contributed by atoms with van der Waals surface area (Å²) >= 11 is 0. The van der Waals surface area contributed by atoms with Crippen LogP contribution in [0.3, 0.4) is 0 Å². The lowest BCUT2D eigenvalue weighted by Gasteiger charge is -2.18. The van der Waals surface area contributed by atoms with E-state index in [2.05, 4.69) is 22.3 Å². The van der Waals surface area contributed by atoms with Crippen molar-refractivity contribution >= 4 is 11.6 Å². The maximum Gasteiger partial charge on any atom is 0.257 e. The number of carbonyl (C=O) groups is 1. The van der Waals surface area contributed by atoms with Gasteiger partial charge in [-0.2, -0.15) is 4.98 Å². The van der Waals surface area contributed by atoms with Gasteiger partial charge in [-0.15, -0.1) is 0 Å². The zero-order valence-electron chi connectivity index (χ0n) is 15.4. The molecule has 0 bridgehead atoms. The molecule has 0 saturated carbocycles. The summed E-state index contributed by atoms with van der Waals surface area (Å²) in [5.74, 6) is 1.01. The van der Waals surface area contributed by atoms with Gasteiger partial charge in [0.25, 0.3) is 11.8 Å². The minimum Gasteiger partial charge on any atom is -0.378 e. The van der Waals surface area contributed by atoms with Crippen molar-refractivity contribution in [1.29, 1.82) is 0 Å². The number of anilines is 1. The van der Waals surface area contributed by atoms with Crippen molar-refractivity contribution in [3.8, 4) is 11.5 Å². The Hall–Kier alpha value is -3.15. The fraction of sp³-hybridized carbons (Fsp3) is 0.250. The summed E-state index contributed by atoms with van der Waals surface area (Å²) in [4.78, 5) is 20.6. The summed E-state index contributed by atoms with van der Waals surface area (Å²) in [5, 5.41) is 3.78. The highest BCUT2D eigenvalue weighted by atomic mass is 16.5. The molecular weight excluding hydrogens is 328 g/mol. The van der Waals surface area contributed by atoms with Crippen LogP contribution in [-0.4, -0.2) is 42.1 Å². The van der Waals surface area contributed by atoms with Gasteiger partial charge in [-0.25, -0.2) is 0 Å². The monoisotopic (exact) mass is 350 g/mol. The van der Waals surface area contributed by atoms with Crippen LogP contribution in [0.2, 0.25) is 0 Å². The molecule has 0 aliphatic rings. The molecule has 26 heavy (non-hydrogen) atoms. The molecule has 134 valence electrons. The molecule has 0 aliphatic carbocycles. The highest BCUT2D eigenvalue weighted by molar-refractivity contribution is 5.94. The van der Waals surface area contributed by atoms with E-state index in [-0.39, 0.29) is 5.91 Å². The molecule has 0 spiro atoms. The minimum atomic E-state index is -0.0325. The Kier molecular flexibility index (Phi) is 5.02. The average Bonchev–Trinajstić information content (AvgIpc) is 3.08. The standard InChI is InChI=1S/C20H22N4O2/c1-14-21-19(26-22-14)16-7-9-17(10-8-16)20(25)24(4)13-15-5-11-18(12-6-15)23(2)3/h5-12H,13H2,1-4H3. The van der Waals surface area contributed by atoms with E-state index in [1.165, 1.54) is 0 Å². The molecule has 2 aromatic carbocycles. The zero-order valence-corrected chi connectivity index (χ0v) is 15.4. The van der Waals surface area contributed by atoms with Crippen LogP contribution in [-0.2, 0) is 6.54 Å². The molecule has 1 amide bonds. The summed E-state index contributed by atoms with van der Waals surface area (Å²) in [5.41, 5.74) is 3.64. The first-order valence-electron chi connectivity index (χ1n) is 8.36. The summed E-state index contributed by atoms with van der Waals surface area (Å²) in [6, 6.07) is 15.4. The second kappa shape index (κ2) is 7.39. The molecule has 6 heteroatoms. The Morgan fingerprint density at radius 2 is 1.65 bits per heavy atom. The van der Waals surface area contributed by atoms with E-state index in [4.69, 9.17) is 4.52 Å². The molecule has 0 fully saturated rings. The molecule has 0 atom stereocenters. The zero-order chi connectivity index (χ0) is 18.7. The third kappa shape index (κ3) is 3.91. The van der Waals surface area contributed by atoms with Gasteiger partial charge in [0.05, 0.1) is 0 Å². The summed E-state index contributed by atoms with van der Waals surface area (Å²) in [7, 11) is 5.81. The largest absolute Gasteiger partial charge is 0.378 e. The number of aromatic nitrogens is 2. The Labute approximate surface area is 153 Å². The predicted octanol–water partition coefficient (Wildman–Crippen LogP) is 3.38. The Bertz CT molecular complexity index is 883. The number of amides is 1. The molecule has 0 aliphatic heterocycles. The van der Waals surface area contributed by atoms with Crippen molar-refractivity contribution in [1.82, 2.24) is 15.0 Å². The first-order chi connectivity index (χ1) is 12.4. The third-order valence-corrected chi connectivity index (χ3v) is 4.13. The van der Waals surface area contributed by atoms with Gasteiger partial charge in [-0.1, -0.05) is 17.3 Å². The van der Waals surface area contributed by atoms with Gasteiger partial charge in [-0.05, 0) is 48.9 Å². The topological polar surface area (TPSA) is 62.5 Å². The maximum atomic E-state index is 12.6. The summed E-state index contributed by atoms with van der Waals surface area (Å²) in [6.45, 7) is 2.32. The van der Waals surface area contributed by atoms with Crippen molar-refractivity contribution in [3.05, 3.63) is 65.5 Å². The first kappa shape index (κ1) is 17.7. The maximum absolute atomic E-state index is 12.6. The average molecular weight is 350 g/mol. The smallest absolute Gasteiger partial charge is 0.257 e. The van der Waals surface area contributed by atoms with E-state index < -0.39 is 0 Å². The van der Waals surface area contributed by atoms with E-state index in [0.29, 0.717) is 23.8 Å². The number of rotatable bonds is 5. The Balaban J connectivity index is 1.68. The van der Waals surface area contributed by atoms with Crippen LogP contribution in [0.1, 0.15) is 21.7 Å². The van der Waals surface area contributed by atoms with Crippen LogP contribution in [0.5, 0.6) is 0 Å². The molecular formula is C20H22N4O2. The van der Waals surface area contributed by atoms with E-state index in [1.807, 2.05) is 43.3 Å². The lowest BCUT2D eigenvalue weighted by atomic mass is 10.1. The van der Waals surface area contributed by atoms with E-state index in [0.717, 1.165) is 16.8 Å². The molecule has 1 aromatic heterocycles. The first-order valence-corrected chi connectivity index (χ1v) is 8.36. The highest BCUT2D eigenvalue weighted by Gasteiger charge is 2.13. The van der Waals surface area contributed by atoms with Crippen LogP contribution in [0.4, 0.5) is 5.69 Å². The number of nitrogens with zero attached hydrogens (tertiary/aromatic N) is 4. The second-order valence-corrected chi connectivity index (χ2v) is 6.45. The second-order valence-electron chi connectivity index (χ2n) is 6.45. The predicted molar refractivity (Wildman–Crippen MR) is 101 cm³/mol. The van der Waals surface area contributed by atoms with Gasteiger partial charge >= 0.3 is 0 Å². The number of aryl methyl sites for hydroxylation is 1. The number of hydrogen-bond donors (Lipinski definition) is 0. The van der Waals surface area contributed by atoms with Gasteiger partial charge in [0, 0.05) is 44.5 Å². The van der Waals surface area contributed by atoms with Gasteiger partial charge in [0.1, 0.15) is 0 Å². The van der Waals surface area contributed by atoms with Crippen molar-refractivity contribution < 1.29 is 9.32 Å². The fourth-order valence-corrected chi connectivity index (χ4v) is 2.64. The third-order valence-electron chi connectivity index (χ3n) is 4.13. The Morgan fingerprint density at radius 1 is 1.00 bits per heavy atom. The van der Waals surface area contributed by atoms with Gasteiger partial charge in [-0.3, -0.25) is 4.79 Å². The number of benzene rings is 2. The molecule has 3 aromatic rings. The van der Waals surface area contributed by atoms with E-state index >= 15 is 0 Å². The molecule has 0 saturated heterocycles. The van der Waals surface area contributed by atoms with Crippen LogP contribution < -0.4 is 4.90 Å². The molecule has 0 unspecified atom stereocenters. The SMILES string of the molecule is Cc1noc(-c2ccc(C(=O)N(C)Cc3ccc(N(C)C)cc3)cc2)n1.